The van der Waals surface area contributed by atoms with Crippen LogP contribution in [0.5, 0.6) is 0 Å². The van der Waals surface area contributed by atoms with Crippen LogP contribution in [0.2, 0.25) is 5.02 Å². The third kappa shape index (κ3) is 5.67. The van der Waals surface area contributed by atoms with E-state index >= 15 is 0 Å². The number of sulfonamides is 1. The zero-order valence-electron chi connectivity index (χ0n) is 12.3. The van der Waals surface area contributed by atoms with Crippen LogP contribution in [-0.2, 0) is 27.8 Å². The fourth-order valence-corrected chi connectivity index (χ4v) is 2.77. The first-order valence-corrected chi connectivity index (χ1v) is 8.90. The molecule has 0 atom stereocenters. The van der Waals surface area contributed by atoms with Crippen LogP contribution < -0.4 is 10.5 Å². The minimum Gasteiger partial charge on any atom is -0.352 e. The second kappa shape index (κ2) is 7.59. The van der Waals surface area contributed by atoms with Crippen molar-refractivity contribution < 1.29 is 13.2 Å². The molecule has 0 aliphatic heterocycles. The van der Waals surface area contributed by atoms with Crippen LogP contribution >= 0.6 is 11.6 Å². The second-order valence-electron chi connectivity index (χ2n) is 5.10. The van der Waals surface area contributed by atoms with Crippen molar-refractivity contribution in [2.75, 3.05) is 0 Å². The minimum atomic E-state index is -3.68. The zero-order chi connectivity index (χ0) is 16.9. The van der Waals surface area contributed by atoms with E-state index in [1.54, 1.807) is 24.3 Å². The number of hydrogen-bond donors (Lipinski definition) is 2. The standard InChI is InChI=1S/C16H17ClN2O3S/c17-14-3-1-2-13(10-14)11-19-16(20)9-6-12-4-7-15(8-5-12)23(18,21)22/h1-5,7-8,10H,6,9,11H2,(H,19,20)(H2,18,21,22). The fraction of sp³-hybridized carbons (Fsp3) is 0.188. The summed E-state index contributed by atoms with van der Waals surface area (Å²) in [6.07, 6.45) is 0.835. The highest BCUT2D eigenvalue weighted by molar-refractivity contribution is 7.89. The molecule has 0 heterocycles. The van der Waals surface area contributed by atoms with Crippen LogP contribution in [0.3, 0.4) is 0 Å². The molecule has 0 aromatic heterocycles. The molecule has 3 N–H and O–H groups in total. The highest BCUT2D eigenvalue weighted by atomic mass is 35.5. The van der Waals surface area contributed by atoms with Crippen LogP contribution in [0.4, 0.5) is 0 Å². The Kier molecular flexibility index (Phi) is 5.76. The van der Waals surface area contributed by atoms with Gasteiger partial charge in [0.2, 0.25) is 15.9 Å². The maximum atomic E-state index is 11.8. The van der Waals surface area contributed by atoms with E-state index in [4.69, 9.17) is 16.7 Å². The van der Waals surface area contributed by atoms with Crippen LogP contribution in [0.1, 0.15) is 17.5 Å². The van der Waals surface area contributed by atoms with E-state index in [1.807, 2.05) is 12.1 Å². The van der Waals surface area contributed by atoms with Crippen LogP contribution in [0.25, 0.3) is 0 Å². The Balaban J connectivity index is 1.82. The quantitative estimate of drug-likeness (QED) is 0.835. The van der Waals surface area contributed by atoms with Gasteiger partial charge in [-0.15, -0.1) is 0 Å². The first-order chi connectivity index (χ1) is 10.8. The SMILES string of the molecule is NS(=O)(=O)c1ccc(CCC(=O)NCc2cccc(Cl)c2)cc1. The second-order valence-corrected chi connectivity index (χ2v) is 7.09. The lowest BCUT2D eigenvalue weighted by Gasteiger charge is -2.06. The number of halogens is 1. The summed E-state index contributed by atoms with van der Waals surface area (Å²) in [5, 5.41) is 8.48. The van der Waals surface area contributed by atoms with Gasteiger partial charge in [0, 0.05) is 18.0 Å². The van der Waals surface area contributed by atoms with E-state index in [0.717, 1.165) is 11.1 Å². The molecule has 1 amide bonds. The molecule has 2 aromatic carbocycles. The molecule has 2 rings (SSSR count). The van der Waals surface area contributed by atoms with E-state index < -0.39 is 10.0 Å². The molecular formula is C16H17ClN2O3S. The van der Waals surface area contributed by atoms with Gasteiger partial charge >= 0.3 is 0 Å². The maximum absolute atomic E-state index is 11.8. The van der Waals surface area contributed by atoms with Gasteiger partial charge < -0.3 is 5.32 Å². The Labute approximate surface area is 140 Å². The van der Waals surface area contributed by atoms with Gasteiger partial charge in [-0.25, -0.2) is 13.6 Å². The molecule has 0 spiro atoms. The van der Waals surface area contributed by atoms with E-state index in [2.05, 4.69) is 5.32 Å². The smallest absolute Gasteiger partial charge is 0.238 e. The summed E-state index contributed by atoms with van der Waals surface area (Å²) in [5.74, 6) is -0.0829. The fourth-order valence-electron chi connectivity index (χ4n) is 2.04. The van der Waals surface area contributed by atoms with Crippen molar-refractivity contribution in [1.82, 2.24) is 5.32 Å². The highest BCUT2D eigenvalue weighted by Gasteiger charge is 2.07. The van der Waals surface area contributed by atoms with E-state index in [0.29, 0.717) is 24.4 Å². The molecule has 0 radical (unpaired) electrons. The van der Waals surface area contributed by atoms with E-state index in [-0.39, 0.29) is 10.8 Å². The molecule has 5 nitrogen and oxygen atoms in total. The van der Waals surface area contributed by atoms with Gasteiger partial charge in [0.1, 0.15) is 0 Å². The molecule has 0 aliphatic carbocycles. The average molecular weight is 353 g/mol. The van der Waals surface area contributed by atoms with Crippen molar-refractivity contribution in [2.45, 2.75) is 24.3 Å². The minimum absolute atomic E-state index is 0.0617. The summed E-state index contributed by atoms with van der Waals surface area (Å²) in [6, 6.07) is 13.5. The lowest BCUT2D eigenvalue weighted by molar-refractivity contribution is -0.121. The summed E-state index contributed by atoms with van der Waals surface area (Å²) in [6.45, 7) is 0.420. The lowest BCUT2D eigenvalue weighted by atomic mass is 10.1. The molecule has 7 heteroatoms. The summed E-state index contributed by atoms with van der Waals surface area (Å²) in [5.41, 5.74) is 1.80. The monoisotopic (exact) mass is 352 g/mol. The number of nitrogens with two attached hydrogens (primary N) is 1. The molecule has 2 aromatic rings. The van der Waals surface area contributed by atoms with Gasteiger partial charge in [-0.3, -0.25) is 4.79 Å². The van der Waals surface area contributed by atoms with Gasteiger partial charge in [-0.05, 0) is 41.8 Å². The Hall–Kier alpha value is -1.89. The van der Waals surface area contributed by atoms with Crippen molar-refractivity contribution in [1.29, 1.82) is 0 Å². The largest absolute Gasteiger partial charge is 0.352 e. The van der Waals surface area contributed by atoms with Crippen molar-refractivity contribution in [2.24, 2.45) is 5.14 Å². The summed E-state index contributed by atoms with van der Waals surface area (Å²) in [7, 11) is -3.68. The van der Waals surface area contributed by atoms with Crippen molar-refractivity contribution in [3.05, 3.63) is 64.7 Å². The number of aryl methyl sites for hydroxylation is 1. The summed E-state index contributed by atoms with van der Waals surface area (Å²) in [4.78, 5) is 11.9. The first-order valence-electron chi connectivity index (χ1n) is 6.97. The average Bonchev–Trinajstić information content (AvgIpc) is 2.50. The zero-order valence-corrected chi connectivity index (χ0v) is 13.9. The Bertz CT molecular complexity index is 789. The van der Waals surface area contributed by atoms with Gasteiger partial charge in [-0.1, -0.05) is 35.9 Å². The molecule has 0 saturated carbocycles. The topological polar surface area (TPSA) is 89.3 Å². The molecular weight excluding hydrogens is 336 g/mol. The number of rotatable bonds is 6. The van der Waals surface area contributed by atoms with Crippen LogP contribution in [-0.4, -0.2) is 14.3 Å². The van der Waals surface area contributed by atoms with E-state index in [1.165, 1.54) is 12.1 Å². The number of amides is 1. The molecule has 0 unspecified atom stereocenters. The molecule has 23 heavy (non-hydrogen) atoms. The van der Waals surface area contributed by atoms with Crippen LogP contribution in [0, 0.1) is 0 Å². The Morgan fingerprint density at radius 1 is 1.09 bits per heavy atom. The van der Waals surface area contributed by atoms with Crippen molar-refractivity contribution in [3.8, 4) is 0 Å². The highest BCUT2D eigenvalue weighted by Crippen LogP contribution is 2.11. The third-order valence-electron chi connectivity index (χ3n) is 3.27. The summed E-state index contributed by atoms with van der Waals surface area (Å²) >= 11 is 5.88. The lowest BCUT2D eigenvalue weighted by Crippen LogP contribution is -2.23. The maximum Gasteiger partial charge on any atom is 0.238 e. The molecule has 0 fully saturated rings. The predicted octanol–water partition coefficient (Wildman–Crippen LogP) is 2.24. The van der Waals surface area contributed by atoms with E-state index in [9.17, 15) is 13.2 Å². The first kappa shape index (κ1) is 17.5. The molecule has 122 valence electrons. The van der Waals surface area contributed by atoms with Crippen LogP contribution in [0.15, 0.2) is 53.4 Å². The third-order valence-corrected chi connectivity index (χ3v) is 4.44. The molecule has 0 saturated heterocycles. The normalized spacial score (nSPS) is 11.2. The van der Waals surface area contributed by atoms with Crippen molar-refractivity contribution >= 4 is 27.5 Å². The number of carbonyl (C=O) groups is 1. The van der Waals surface area contributed by atoms with Gasteiger partial charge in [0.25, 0.3) is 0 Å². The number of benzene rings is 2. The van der Waals surface area contributed by atoms with Crippen molar-refractivity contribution in [3.63, 3.8) is 0 Å². The molecule has 0 bridgehead atoms. The summed E-state index contributed by atoms with van der Waals surface area (Å²) < 4.78 is 22.3. The Morgan fingerprint density at radius 2 is 1.78 bits per heavy atom. The molecule has 0 aliphatic rings. The number of nitrogens with one attached hydrogen (secondary N) is 1. The van der Waals surface area contributed by atoms with Gasteiger partial charge in [0.15, 0.2) is 0 Å². The van der Waals surface area contributed by atoms with Gasteiger partial charge in [-0.2, -0.15) is 0 Å². The predicted molar refractivity (Wildman–Crippen MR) is 89.4 cm³/mol. The van der Waals surface area contributed by atoms with Gasteiger partial charge in [0.05, 0.1) is 4.90 Å². The Morgan fingerprint density at radius 3 is 2.39 bits per heavy atom. The number of carbonyl (C=O) groups excluding carboxylic acids is 1. The number of hydrogen-bond acceptors (Lipinski definition) is 3. The number of primary sulfonamides is 1.